The highest BCUT2D eigenvalue weighted by molar-refractivity contribution is 7.99. The van der Waals surface area contributed by atoms with Crippen molar-refractivity contribution in [1.82, 2.24) is 10.6 Å². The van der Waals surface area contributed by atoms with Gasteiger partial charge < -0.3 is 15.4 Å². The lowest BCUT2D eigenvalue weighted by molar-refractivity contribution is 0.222. The summed E-state index contributed by atoms with van der Waals surface area (Å²) >= 11 is 1.66. The molecule has 2 amide bonds. The average molecular weight is 378 g/mol. The number of nitrogens with one attached hydrogen (secondary N) is 2. The molecule has 2 aromatic carbocycles. The number of carbonyl (C=O) groups is 1. The number of amides is 2. The van der Waals surface area contributed by atoms with Crippen molar-refractivity contribution in [1.29, 1.82) is 0 Å². The van der Waals surface area contributed by atoms with Crippen molar-refractivity contribution >= 4 is 17.8 Å². The largest absolute Gasteiger partial charge is 0.491 e. The van der Waals surface area contributed by atoms with Crippen LogP contribution in [0.4, 0.5) is 13.6 Å². The van der Waals surface area contributed by atoms with Crippen LogP contribution in [0.15, 0.2) is 47.4 Å². The van der Waals surface area contributed by atoms with Gasteiger partial charge in [-0.25, -0.2) is 13.6 Å². The third-order valence-electron chi connectivity index (χ3n) is 4.01. The molecule has 26 heavy (non-hydrogen) atoms. The monoisotopic (exact) mass is 378 g/mol. The molecule has 2 unspecified atom stereocenters. The van der Waals surface area contributed by atoms with E-state index in [2.05, 4.69) is 10.6 Å². The fourth-order valence-electron chi connectivity index (χ4n) is 2.73. The van der Waals surface area contributed by atoms with Crippen molar-refractivity contribution < 1.29 is 18.3 Å². The maximum atomic E-state index is 13.5. The SMILES string of the molecule is CC(COc1ccc(F)cc1)NC(=O)NC1CCSc2ccc(F)cc21. The fraction of sp³-hybridized carbons (Fsp3) is 0.316. The molecule has 0 aromatic heterocycles. The van der Waals surface area contributed by atoms with Crippen LogP contribution in [-0.2, 0) is 0 Å². The minimum absolute atomic E-state index is 0.216. The zero-order chi connectivity index (χ0) is 18.5. The molecule has 2 atom stereocenters. The fourth-order valence-corrected chi connectivity index (χ4v) is 3.84. The van der Waals surface area contributed by atoms with Gasteiger partial charge in [-0.1, -0.05) is 0 Å². The molecule has 0 saturated heterocycles. The number of urea groups is 1. The van der Waals surface area contributed by atoms with E-state index in [1.54, 1.807) is 17.8 Å². The molecule has 0 radical (unpaired) electrons. The zero-order valence-corrected chi connectivity index (χ0v) is 15.1. The van der Waals surface area contributed by atoms with E-state index in [0.717, 1.165) is 22.6 Å². The van der Waals surface area contributed by atoms with E-state index >= 15 is 0 Å². The summed E-state index contributed by atoms with van der Waals surface area (Å²) in [5.41, 5.74) is 0.812. The molecule has 7 heteroatoms. The molecular weight excluding hydrogens is 358 g/mol. The number of rotatable bonds is 5. The molecule has 138 valence electrons. The lowest BCUT2D eigenvalue weighted by atomic mass is 10.0. The van der Waals surface area contributed by atoms with Gasteiger partial charge in [0, 0.05) is 10.6 Å². The molecule has 3 rings (SSSR count). The number of carbonyl (C=O) groups excluding carboxylic acids is 1. The maximum Gasteiger partial charge on any atom is 0.315 e. The molecule has 1 heterocycles. The summed E-state index contributed by atoms with van der Waals surface area (Å²) in [6, 6.07) is 9.58. The number of hydrogen-bond acceptors (Lipinski definition) is 3. The van der Waals surface area contributed by atoms with E-state index in [9.17, 15) is 13.6 Å². The predicted octanol–water partition coefficient (Wildman–Crippen LogP) is 4.27. The van der Waals surface area contributed by atoms with Gasteiger partial charge in [0.05, 0.1) is 12.1 Å². The first-order valence-corrected chi connectivity index (χ1v) is 9.37. The van der Waals surface area contributed by atoms with Crippen molar-refractivity contribution in [2.24, 2.45) is 0 Å². The predicted molar refractivity (Wildman–Crippen MR) is 97.5 cm³/mol. The number of benzene rings is 2. The molecular formula is C19H20F2N2O2S. The van der Waals surface area contributed by atoms with Gasteiger partial charge in [-0.2, -0.15) is 0 Å². The van der Waals surface area contributed by atoms with E-state index in [0.29, 0.717) is 5.75 Å². The summed E-state index contributed by atoms with van der Waals surface area (Å²) < 4.78 is 31.9. The van der Waals surface area contributed by atoms with Crippen LogP contribution < -0.4 is 15.4 Å². The van der Waals surface area contributed by atoms with Crippen molar-refractivity contribution in [3.8, 4) is 5.75 Å². The Hall–Kier alpha value is -2.28. The first-order chi connectivity index (χ1) is 12.5. The van der Waals surface area contributed by atoms with Crippen LogP contribution in [0.3, 0.4) is 0 Å². The standard InChI is InChI=1S/C19H20F2N2O2S/c1-12(11-25-15-5-2-13(20)3-6-15)22-19(24)23-17-8-9-26-18-7-4-14(21)10-16(17)18/h2-7,10,12,17H,8-9,11H2,1H3,(H2,22,23,24). The van der Waals surface area contributed by atoms with Crippen molar-refractivity contribution in [3.05, 3.63) is 59.7 Å². The number of thioether (sulfide) groups is 1. The Kier molecular flexibility index (Phi) is 5.98. The Bertz CT molecular complexity index is 771. The maximum absolute atomic E-state index is 13.5. The Morgan fingerprint density at radius 1 is 1.23 bits per heavy atom. The van der Waals surface area contributed by atoms with Gasteiger partial charge in [-0.3, -0.25) is 0 Å². The zero-order valence-electron chi connectivity index (χ0n) is 14.3. The van der Waals surface area contributed by atoms with Crippen LogP contribution in [-0.4, -0.2) is 24.4 Å². The molecule has 0 aliphatic carbocycles. The van der Waals surface area contributed by atoms with Crippen molar-refractivity contribution in [2.45, 2.75) is 30.3 Å². The molecule has 0 bridgehead atoms. The quantitative estimate of drug-likeness (QED) is 0.817. The Morgan fingerprint density at radius 2 is 1.96 bits per heavy atom. The van der Waals surface area contributed by atoms with Crippen LogP contribution in [0.1, 0.15) is 24.9 Å². The minimum atomic E-state index is -0.328. The summed E-state index contributed by atoms with van der Waals surface area (Å²) in [7, 11) is 0. The van der Waals surface area contributed by atoms with Gasteiger partial charge >= 0.3 is 6.03 Å². The van der Waals surface area contributed by atoms with Crippen LogP contribution >= 0.6 is 11.8 Å². The summed E-state index contributed by atoms with van der Waals surface area (Å²) in [5, 5.41) is 5.71. The second-order valence-corrected chi connectivity index (χ2v) is 7.29. The summed E-state index contributed by atoms with van der Waals surface area (Å²) in [4.78, 5) is 13.2. The number of ether oxygens (including phenoxy) is 1. The molecule has 0 saturated carbocycles. The molecule has 2 N–H and O–H groups in total. The van der Waals surface area contributed by atoms with Gasteiger partial charge in [-0.15, -0.1) is 11.8 Å². The van der Waals surface area contributed by atoms with Crippen molar-refractivity contribution in [2.75, 3.05) is 12.4 Å². The third-order valence-corrected chi connectivity index (χ3v) is 5.13. The van der Waals surface area contributed by atoms with Crippen LogP contribution in [0.25, 0.3) is 0 Å². The van der Waals surface area contributed by atoms with Gasteiger partial charge in [0.1, 0.15) is 24.0 Å². The van der Waals surface area contributed by atoms with Crippen LogP contribution in [0.5, 0.6) is 5.75 Å². The highest BCUT2D eigenvalue weighted by atomic mass is 32.2. The summed E-state index contributed by atoms with van der Waals surface area (Å²) in [5.74, 6) is 0.770. The van der Waals surface area contributed by atoms with Gasteiger partial charge in [-0.05, 0) is 61.4 Å². The molecule has 1 aliphatic heterocycles. The Morgan fingerprint density at radius 3 is 2.73 bits per heavy atom. The van der Waals surface area contributed by atoms with Gasteiger partial charge in [0.2, 0.25) is 0 Å². The molecule has 1 aliphatic rings. The normalized spacial score (nSPS) is 17.1. The van der Waals surface area contributed by atoms with Crippen LogP contribution in [0.2, 0.25) is 0 Å². The van der Waals surface area contributed by atoms with Gasteiger partial charge in [0.25, 0.3) is 0 Å². The van der Waals surface area contributed by atoms with E-state index in [4.69, 9.17) is 4.74 Å². The summed E-state index contributed by atoms with van der Waals surface area (Å²) in [6.07, 6.45) is 0.745. The Balaban J connectivity index is 1.51. The number of hydrogen-bond donors (Lipinski definition) is 2. The molecule has 2 aromatic rings. The van der Waals surface area contributed by atoms with Crippen molar-refractivity contribution in [3.63, 3.8) is 0 Å². The van der Waals surface area contributed by atoms with Crippen LogP contribution in [0, 0.1) is 11.6 Å². The Labute approximate surface area is 155 Å². The van der Waals surface area contributed by atoms with E-state index in [-0.39, 0.29) is 36.4 Å². The second kappa shape index (κ2) is 8.40. The second-order valence-electron chi connectivity index (χ2n) is 6.16. The first-order valence-electron chi connectivity index (χ1n) is 8.39. The highest BCUT2D eigenvalue weighted by Crippen LogP contribution is 2.36. The number of halogens is 2. The van der Waals surface area contributed by atoms with E-state index in [1.165, 1.54) is 36.4 Å². The first kappa shape index (κ1) is 18.5. The van der Waals surface area contributed by atoms with Gasteiger partial charge in [0.15, 0.2) is 0 Å². The third kappa shape index (κ3) is 4.88. The molecule has 4 nitrogen and oxygen atoms in total. The number of fused-ring (bicyclic) bond motifs is 1. The lowest BCUT2D eigenvalue weighted by Gasteiger charge is -2.26. The lowest BCUT2D eigenvalue weighted by Crippen LogP contribution is -2.45. The topological polar surface area (TPSA) is 50.4 Å². The summed E-state index contributed by atoms with van der Waals surface area (Å²) in [6.45, 7) is 2.07. The minimum Gasteiger partial charge on any atom is -0.491 e. The average Bonchev–Trinajstić information content (AvgIpc) is 2.61. The highest BCUT2D eigenvalue weighted by Gasteiger charge is 2.23. The van der Waals surface area contributed by atoms with E-state index in [1.807, 2.05) is 6.92 Å². The molecule has 0 spiro atoms. The van der Waals surface area contributed by atoms with E-state index < -0.39 is 0 Å². The smallest absolute Gasteiger partial charge is 0.315 e. The molecule has 0 fully saturated rings.